The minimum absolute atomic E-state index is 0.433. The van der Waals surface area contributed by atoms with E-state index in [-0.39, 0.29) is 0 Å². The van der Waals surface area contributed by atoms with Gasteiger partial charge in [0.1, 0.15) is 11.8 Å². The summed E-state index contributed by atoms with van der Waals surface area (Å²) in [5, 5.41) is 10.5. The van der Waals surface area contributed by atoms with Crippen LogP contribution >= 0.6 is 0 Å². The van der Waals surface area contributed by atoms with E-state index in [1.807, 2.05) is 6.92 Å². The first kappa shape index (κ1) is 17.8. The van der Waals surface area contributed by atoms with E-state index in [4.69, 9.17) is 9.84 Å². The second kappa shape index (κ2) is 7.67. The van der Waals surface area contributed by atoms with Crippen molar-refractivity contribution in [3.63, 3.8) is 0 Å². The highest BCUT2D eigenvalue weighted by molar-refractivity contribution is 5.84. The number of aryl methyl sites for hydroxylation is 1. The van der Waals surface area contributed by atoms with Crippen LogP contribution in [0.4, 0.5) is 13.2 Å². The molecule has 0 saturated heterocycles. The molecule has 1 unspecified atom stereocenters. The molecule has 1 atom stereocenters. The second-order valence-electron chi connectivity index (χ2n) is 4.53. The van der Waals surface area contributed by atoms with E-state index in [1.54, 1.807) is 29.6 Å². The van der Waals surface area contributed by atoms with Gasteiger partial charge in [-0.05, 0) is 18.1 Å². The van der Waals surface area contributed by atoms with E-state index in [0.29, 0.717) is 12.2 Å². The monoisotopic (exact) mass is 319 g/mol. The number of carbonyl (C=O) groups is 2. The summed E-state index contributed by atoms with van der Waals surface area (Å²) < 4.78 is 41.9. The molecule has 0 saturated carbocycles. The van der Waals surface area contributed by atoms with Crippen molar-refractivity contribution in [3.8, 4) is 5.75 Å². The zero-order chi connectivity index (χ0) is 16.8. The Bertz CT molecular complexity index is 531. The van der Waals surface area contributed by atoms with E-state index in [2.05, 4.69) is 0 Å². The normalized spacial score (nSPS) is 12.5. The SMILES string of the molecule is CCc1ccccc1OCC(=O)NC(CC(F)(F)F)C(=O)O. The first-order chi connectivity index (χ1) is 10.2. The van der Waals surface area contributed by atoms with Crippen LogP contribution in [-0.2, 0) is 16.0 Å². The third kappa shape index (κ3) is 6.02. The Hall–Kier alpha value is -2.25. The van der Waals surface area contributed by atoms with Gasteiger partial charge in [-0.3, -0.25) is 4.79 Å². The van der Waals surface area contributed by atoms with Crippen molar-refractivity contribution in [2.24, 2.45) is 0 Å². The maximum absolute atomic E-state index is 12.2. The number of rotatable bonds is 7. The Kier molecular flexibility index (Phi) is 6.21. The molecule has 0 aromatic heterocycles. The molecule has 122 valence electrons. The van der Waals surface area contributed by atoms with Gasteiger partial charge in [0, 0.05) is 0 Å². The van der Waals surface area contributed by atoms with Crippen molar-refractivity contribution in [3.05, 3.63) is 29.8 Å². The highest BCUT2D eigenvalue weighted by Crippen LogP contribution is 2.22. The number of alkyl halides is 3. The molecule has 5 nitrogen and oxygen atoms in total. The van der Waals surface area contributed by atoms with Gasteiger partial charge in [-0.25, -0.2) is 4.79 Å². The van der Waals surface area contributed by atoms with E-state index in [0.717, 1.165) is 5.56 Å². The fourth-order valence-corrected chi connectivity index (χ4v) is 1.75. The predicted molar refractivity (Wildman–Crippen MR) is 71.6 cm³/mol. The fourth-order valence-electron chi connectivity index (χ4n) is 1.75. The summed E-state index contributed by atoms with van der Waals surface area (Å²) in [7, 11) is 0. The van der Waals surface area contributed by atoms with Gasteiger partial charge in [-0.1, -0.05) is 25.1 Å². The molecule has 8 heteroatoms. The Balaban J connectivity index is 2.59. The molecular weight excluding hydrogens is 303 g/mol. The van der Waals surface area contributed by atoms with Gasteiger partial charge in [0.2, 0.25) is 0 Å². The maximum atomic E-state index is 12.2. The number of nitrogens with one attached hydrogen (secondary N) is 1. The summed E-state index contributed by atoms with van der Waals surface area (Å²) in [6, 6.07) is 4.86. The van der Waals surface area contributed by atoms with Crippen molar-refractivity contribution < 1.29 is 32.6 Å². The third-order valence-electron chi connectivity index (χ3n) is 2.78. The number of carboxylic acid groups (broad SMARTS) is 1. The van der Waals surface area contributed by atoms with Gasteiger partial charge in [-0.15, -0.1) is 0 Å². The molecule has 0 bridgehead atoms. The lowest BCUT2D eigenvalue weighted by Crippen LogP contribution is -2.45. The second-order valence-corrected chi connectivity index (χ2v) is 4.53. The fraction of sp³-hybridized carbons (Fsp3) is 0.429. The predicted octanol–water partition coefficient (Wildman–Crippen LogP) is 2.15. The standard InChI is InChI=1S/C14H16F3NO4/c1-2-9-5-3-4-6-11(9)22-8-12(19)18-10(13(20)21)7-14(15,16)17/h3-6,10H,2,7-8H2,1H3,(H,18,19)(H,20,21). The van der Waals surface area contributed by atoms with Crippen molar-refractivity contribution in [1.29, 1.82) is 0 Å². The van der Waals surface area contributed by atoms with Gasteiger partial charge >= 0.3 is 12.1 Å². The van der Waals surface area contributed by atoms with Crippen molar-refractivity contribution in [2.75, 3.05) is 6.61 Å². The van der Waals surface area contributed by atoms with E-state index < -0.39 is 37.1 Å². The lowest BCUT2D eigenvalue weighted by Gasteiger charge is -2.17. The molecule has 1 amide bonds. The number of hydrogen-bond donors (Lipinski definition) is 2. The van der Waals surface area contributed by atoms with Crippen LogP contribution < -0.4 is 10.1 Å². The van der Waals surface area contributed by atoms with Gasteiger partial charge < -0.3 is 15.2 Å². The first-order valence-electron chi connectivity index (χ1n) is 6.52. The number of carboxylic acids is 1. The molecule has 1 rings (SSSR count). The summed E-state index contributed by atoms with van der Waals surface area (Å²) in [6.45, 7) is 1.32. The van der Waals surface area contributed by atoms with Gasteiger partial charge in [0.15, 0.2) is 6.61 Å². The highest BCUT2D eigenvalue weighted by atomic mass is 19.4. The minimum Gasteiger partial charge on any atom is -0.483 e. The Morgan fingerprint density at radius 1 is 1.32 bits per heavy atom. The van der Waals surface area contributed by atoms with E-state index in [1.165, 1.54) is 0 Å². The number of aliphatic carboxylic acids is 1. The molecular formula is C14H16F3NO4. The van der Waals surface area contributed by atoms with Crippen LogP contribution in [0.1, 0.15) is 18.9 Å². The van der Waals surface area contributed by atoms with Crippen LogP contribution in [0.2, 0.25) is 0 Å². The number of carbonyl (C=O) groups excluding carboxylic acids is 1. The zero-order valence-electron chi connectivity index (χ0n) is 11.8. The summed E-state index contributed by atoms with van der Waals surface area (Å²) in [5.74, 6) is -2.25. The largest absolute Gasteiger partial charge is 0.483 e. The average molecular weight is 319 g/mol. The Morgan fingerprint density at radius 2 is 1.95 bits per heavy atom. The molecule has 0 aliphatic rings. The number of halogens is 3. The number of amides is 1. The molecule has 2 N–H and O–H groups in total. The molecule has 22 heavy (non-hydrogen) atoms. The average Bonchev–Trinajstić information content (AvgIpc) is 2.43. The lowest BCUT2D eigenvalue weighted by atomic mass is 10.1. The highest BCUT2D eigenvalue weighted by Gasteiger charge is 2.36. The molecule has 0 aliphatic heterocycles. The van der Waals surface area contributed by atoms with E-state index >= 15 is 0 Å². The Labute approximate surface area is 125 Å². The Morgan fingerprint density at radius 3 is 2.50 bits per heavy atom. The molecule has 0 aliphatic carbocycles. The number of para-hydroxylation sites is 1. The maximum Gasteiger partial charge on any atom is 0.391 e. The van der Waals surface area contributed by atoms with Crippen molar-refractivity contribution in [1.82, 2.24) is 5.32 Å². The van der Waals surface area contributed by atoms with Crippen LogP contribution in [0.3, 0.4) is 0 Å². The van der Waals surface area contributed by atoms with Crippen LogP contribution in [0.25, 0.3) is 0 Å². The van der Waals surface area contributed by atoms with E-state index in [9.17, 15) is 22.8 Å². The van der Waals surface area contributed by atoms with Crippen LogP contribution in [0.5, 0.6) is 5.75 Å². The summed E-state index contributed by atoms with van der Waals surface area (Å²) in [4.78, 5) is 22.3. The first-order valence-corrected chi connectivity index (χ1v) is 6.52. The number of benzene rings is 1. The molecule has 1 aromatic carbocycles. The molecule has 0 fully saturated rings. The smallest absolute Gasteiger partial charge is 0.391 e. The summed E-state index contributed by atoms with van der Waals surface area (Å²) in [6.07, 6.45) is -5.67. The quantitative estimate of drug-likeness (QED) is 0.807. The van der Waals surface area contributed by atoms with Gasteiger partial charge in [-0.2, -0.15) is 13.2 Å². The zero-order valence-corrected chi connectivity index (χ0v) is 11.8. The molecule has 1 aromatic rings. The number of ether oxygens (including phenoxy) is 1. The van der Waals surface area contributed by atoms with Crippen molar-refractivity contribution >= 4 is 11.9 Å². The van der Waals surface area contributed by atoms with Crippen LogP contribution in [-0.4, -0.2) is 35.8 Å². The minimum atomic E-state index is -4.69. The van der Waals surface area contributed by atoms with Gasteiger partial charge in [0.05, 0.1) is 6.42 Å². The molecule has 0 heterocycles. The lowest BCUT2D eigenvalue weighted by molar-refractivity contribution is -0.160. The third-order valence-corrected chi connectivity index (χ3v) is 2.78. The summed E-state index contributed by atoms with van der Waals surface area (Å²) in [5.41, 5.74) is 0.834. The van der Waals surface area contributed by atoms with Crippen molar-refractivity contribution in [2.45, 2.75) is 32.0 Å². The van der Waals surface area contributed by atoms with Crippen LogP contribution in [0.15, 0.2) is 24.3 Å². The topological polar surface area (TPSA) is 75.6 Å². The van der Waals surface area contributed by atoms with Crippen LogP contribution in [0, 0.1) is 0 Å². The molecule has 0 radical (unpaired) electrons. The van der Waals surface area contributed by atoms with Gasteiger partial charge in [0.25, 0.3) is 5.91 Å². The summed E-state index contributed by atoms with van der Waals surface area (Å²) >= 11 is 0. The molecule has 0 spiro atoms. The number of hydrogen-bond acceptors (Lipinski definition) is 3.